The molecule has 1 aliphatic heterocycles. The summed E-state index contributed by atoms with van der Waals surface area (Å²) in [6.45, 7) is 5.82. The lowest BCUT2D eigenvalue weighted by Crippen LogP contribution is -2.43. The molecule has 0 saturated carbocycles. The summed E-state index contributed by atoms with van der Waals surface area (Å²) in [5, 5.41) is 10.8. The van der Waals surface area contributed by atoms with Crippen molar-refractivity contribution < 1.29 is 24.2 Å². The fraction of sp³-hybridized carbons (Fsp3) is 0.440. The minimum atomic E-state index is -0.429. The van der Waals surface area contributed by atoms with Gasteiger partial charge >= 0.3 is 0 Å². The third-order valence-electron chi connectivity index (χ3n) is 5.97. The van der Waals surface area contributed by atoms with Crippen LogP contribution in [0.3, 0.4) is 0 Å². The number of carbonyl (C=O) groups excluding carboxylic acids is 2. The van der Waals surface area contributed by atoms with Crippen LogP contribution in [-0.2, 0) is 4.79 Å². The molecule has 0 aliphatic carbocycles. The van der Waals surface area contributed by atoms with E-state index in [9.17, 15) is 14.7 Å². The first kappa shape index (κ1) is 22.7. The minimum Gasteiger partial charge on any atom is -0.507 e. The van der Waals surface area contributed by atoms with E-state index in [1.165, 1.54) is 20.3 Å². The smallest absolute Gasteiger partial charge is 0.223 e. The predicted octanol–water partition coefficient (Wildman–Crippen LogP) is 4.25. The van der Waals surface area contributed by atoms with Gasteiger partial charge in [-0.15, -0.1) is 0 Å². The predicted molar refractivity (Wildman–Crippen MR) is 119 cm³/mol. The monoisotopic (exact) mass is 425 g/mol. The first-order valence-electron chi connectivity index (χ1n) is 10.6. The van der Waals surface area contributed by atoms with Crippen LogP contribution in [-0.4, -0.2) is 49.5 Å². The quantitative estimate of drug-likeness (QED) is 0.671. The highest BCUT2D eigenvalue weighted by Crippen LogP contribution is 2.43. The van der Waals surface area contributed by atoms with Gasteiger partial charge in [-0.3, -0.25) is 9.59 Å². The second-order valence-electron chi connectivity index (χ2n) is 8.55. The molecule has 6 nitrogen and oxygen atoms in total. The number of ether oxygens (including phenoxy) is 2. The average Bonchev–Trinajstić information content (AvgIpc) is 2.76. The molecule has 1 amide bonds. The van der Waals surface area contributed by atoms with Crippen molar-refractivity contribution in [2.24, 2.45) is 11.8 Å². The van der Waals surface area contributed by atoms with Crippen molar-refractivity contribution in [2.45, 2.75) is 32.6 Å². The van der Waals surface area contributed by atoms with Gasteiger partial charge in [-0.25, -0.2) is 0 Å². The van der Waals surface area contributed by atoms with E-state index < -0.39 is 5.92 Å². The van der Waals surface area contributed by atoms with Gasteiger partial charge in [0.25, 0.3) is 0 Å². The molecule has 0 bridgehead atoms. The van der Waals surface area contributed by atoms with Crippen LogP contribution in [0.4, 0.5) is 0 Å². The number of nitrogens with zero attached hydrogens (tertiary/aromatic N) is 1. The van der Waals surface area contributed by atoms with Crippen LogP contribution in [0.15, 0.2) is 36.4 Å². The molecule has 2 aromatic carbocycles. The van der Waals surface area contributed by atoms with Crippen molar-refractivity contribution in [1.29, 1.82) is 0 Å². The van der Waals surface area contributed by atoms with Gasteiger partial charge in [0.05, 0.1) is 14.2 Å². The van der Waals surface area contributed by atoms with E-state index in [0.717, 1.165) is 31.4 Å². The molecular weight excluding hydrogens is 394 g/mol. The van der Waals surface area contributed by atoms with E-state index in [2.05, 4.69) is 13.8 Å². The SMILES string of the molecule is COc1cc(O)c(C(CC(=O)N2C[C@H](C)C[C@H](C)C2)c2ccc(C=O)cc2)c(OC)c1. The third kappa shape index (κ3) is 5.19. The van der Waals surface area contributed by atoms with Crippen molar-refractivity contribution in [2.75, 3.05) is 27.3 Å². The van der Waals surface area contributed by atoms with E-state index in [0.29, 0.717) is 34.5 Å². The lowest BCUT2D eigenvalue weighted by molar-refractivity contribution is -0.134. The van der Waals surface area contributed by atoms with Crippen LogP contribution in [0.25, 0.3) is 0 Å². The third-order valence-corrected chi connectivity index (χ3v) is 5.97. The fourth-order valence-corrected chi connectivity index (χ4v) is 4.59. The lowest BCUT2D eigenvalue weighted by Gasteiger charge is -2.36. The van der Waals surface area contributed by atoms with Gasteiger partial charge in [0, 0.05) is 48.7 Å². The normalized spacial score (nSPS) is 19.5. The summed E-state index contributed by atoms with van der Waals surface area (Å²) in [5.74, 6) is 1.46. The van der Waals surface area contributed by atoms with E-state index >= 15 is 0 Å². The Kier molecular flexibility index (Phi) is 7.21. The second kappa shape index (κ2) is 9.86. The Bertz CT molecular complexity index is 914. The zero-order valence-corrected chi connectivity index (χ0v) is 18.6. The zero-order valence-electron chi connectivity index (χ0n) is 18.6. The summed E-state index contributed by atoms with van der Waals surface area (Å²) in [6.07, 6.45) is 2.09. The van der Waals surface area contributed by atoms with Gasteiger partial charge in [0.2, 0.25) is 5.91 Å². The fourth-order valence-electron chi connectivity index (χ4n) is 4.59. The van der Waals surface area contributed by atoms with E-state index in [-0.39, 0.29) is 18.1 Å². The Morgan fingerprint density at radius 3 is 2.32 bits per heavy atom. The number of methoxy groups -OCH3 is 2. The molecule has 0 aromatic heterocycles. The number of phenolic OH excluding ortho intramolecular Hbond substituents is 1. The van der Waals surface area contributed by atoms with Crippen molar-refractivity contribution in [3.63, 3.8) is 0 Å². The van der Waals surface area contributed by atoms with Gasteiger partial charge in [-0.1, -0.05) is 38.1 Å². The maximum Gasteiger partial charge on any atom is 0.223 e. The van der Waals surface area contributed by atoms with Gasteiger partial charge in [0.1, 0.15) is 23.5 Å². The molecule has 1 unspecified atom stereocenters. The molecule has 1 fully saturated rings. The average molecular weight is 426 g/mol. The number of piperidine rings is 1. The number of phenols is 1. The topological polar surface area (TPSA) is 76.1 Å². The summed E-state index contributed by atoms with van der Waals surface area (Å²) in [7, 11) is 3.05. The minimum absolute atomic E-state index is 0.00819. The summed E-state index contributed by atoms with van der Waals surface area (Å²) in [4.78, 5) is 26.3. The molecule has 166 valence electrons. The van der Waals surface area contributed by atoms with Crippen molar-refractivity contribution in [3.05, 3.63) is 53.1 Å². The molecule has 1 aliphatic rings. The second-order valence-corrected chi connectivity index (χ2v) is 8.55. The molecule has 0 radical (unpaired) electrons. The van der Waals surface area contributed by atoms with Crippen molar-refractivity contribution in [3.8, 4) is 17.2 Å². The molecule has 1 saturated heterocycles. The summed E-state index contributed by atoms with van der Waals surface area (Å²) in [6, 6.07) is 10.3. The van der Waals surface area contributed by atoms with Gasteiger partial charge in [-0.2, -0.15) is 0 Å². The Hall–Kier alpha value is -3.02. The number of hydrogen-bond acceptors (Lipinski definition) is 5. The number of carbonyl (C=O) groups is 2. The Labute approximate surface area is 183 Å². The van der Waals surface area contributed by atoms with Crippen LogP contribution in [0.1, 0.15) is 54.1 Å². The highest BCUT2D eigenvalue weighted by Gasteiger charge is 2.30. The highest BCUT2D eigenvalue weighted by molar-refractivity contribution is 5.79. The summed E-state index contributed by atoms with van der Waals surface area (Å²) < 4.78 is 10.8. The molecule has 6 heteroatoms. The maximum absolute atomic E-state index is 13.3. The van der Waals surface area contributed by atoms with Crippen LogP contribution in [0, 0.1) is 11.8 Å². The lowest BCUT2D eigenvalue weighted by atomic mass is 9.85. The van der Waals surface area contributed by atoms with E-state index in [4.69, 9.17) is 9.47 Å². The first-order chi connectivity index (χ1) is 14.9. The van der Waals surface area contributed by atoms with Crippen LogP contribution in [0.5, 0.6) is 17.2 Å². The molecule has 3 rings (SSSR count). The number of rotatable bonds is 7. The Morgan fingerprint density at radius 1 is 1.13 bits per heavy atom. The maximum atomic E-state index is 13.3. The van der Waals surface area contributed by atoms with Crippen molar-refractivity contribution in [1.82, 2.24) is 4.90 Å². The van der Waals surface area contributed by atoms with Gasteiger partial charge in [-0.05, 0) is 23.8 Å². The van der Waals surface area contributed by atoms with Crippen molar-refractivity contribution >= 4 is 12.2 Å². The number of benzene rings is 2. The zero-order chi connectivity index (χ0) is 22.5. The molecule has 1 N–H and O–H groups in total. The Morgan fingerprint density at radius 2 is 1.77 bits per heavy atom. The van der Waals surface area contributed by atoms with E-state index in [1.807, 2.05) is 17.0 Å². The molecular formula is C25H31NO5. The van der Waals surface area contributed by atoms with Gasteiger partial charge in [0.15, 0.2) is 0 Å². The number of hydrogen-bond donors (Lipinski definition) is 1. The van der Waals surface area contributed by atoms with Gasteiger partial charge < -0.3 is 19.5 Å². The Balaban J connectivity index is 2.01. The van der Waals surface area contributed by atoms with Crippen LogP contribution in [0.2, 0.25) is 0 Å². The molecule has 2 aromatic rings. The van der Waals surface area contributed by atoms with Crippen LogP contribution < -0.4 is 9.47 Å². The largest absolute Gasteiger partial charge is 0.507 e. The molecule has 1 heterocycles. The van der Waals surface area contributed by atoms with E-state index in [1.54, 1.807) is 18.2 Å². The summed E-state index contributed by atoms with van der Waals surface area (Å²) in [5.41, 5.74) is 1.92. The number of amides is 1. The number of likely N-dealkylation sites (tertiary alicyclic amines) is 1. The van der Waals surface area contributed by atoms with Crippen LogP contribution >= 0.6 is 0 Å². The standard InChI is InChI=1S/C25H31NO5/c1-16-9-17(2)14-26(13-16)24(29)12-21(19-7-5-18(15-27)6-8-19)25-22(28)10-20(30-3)11-23(25)31-4/h5-8,10-11,15-17,21,28H,9,12-14H2,1-4H3/t16-,17+,21?. The molecule has 3 atom stereocenters. The molecule has 0 spiro atoms. The number of aromatic hydroxyl groups is 1. The highest BCUT2D eigenvalue weighted by atomic mass is 16.5. The summed E-state index contributed by atoms with van der Waals surface area (Å²) >= 11 is 0. The number of aldehydes is 1. The molecule has 31 heavy (non-hydrogen) atoms. The first-order valence-corrected chi connectivity index (χ1v) is 10.6.